The number of carbonyl (C=O) groups excluding carboxylic acids is 2. The molecule has 120 valence electrons. The maximum Gasteiger partial charge on any atom is 0.246 e. The summed E-state index contributed by atoms with van der Waals surface area (Å²) in [5, 5.41) is 5.37. The summed E-state index contributed by atoms with van der Waals surface area (Å²) in [4.78, 5) is 21.1. The van der Waals surface area contributed by atoms with Gasteiger partial charge in [-0.3, -0.25) is 9.59 Å². The molecular formula is C15H32N2O3. The second kappa shape index (κ2) is 16.0. The number of unbranched alkanes of at least 4 members (excludes halogenated alkanes) is 2. The molecule has 0 saturated heterocycles. The van der Waals surface area contributed by atoms with Crippen LogP contribution in [0.2, 0.25) is 0 Å². The lowest BCUT2D eigenvalue weighted by molar-refractivity contribution is -0.127. The molecule has 0 radical (unpaired) electrons. The van der Waals surface area contributed by atoms with Gasteiger partial charge in [0.05, 0.1) is 6.10 Å². The predicted molar refractivity (Wildman–Crippen MR) is 82.5 cm³/mol. The molecule has 0 heterocycles. The van der Waals surface area contributed by atoms with Crippen LogP contribution >= 0.6 is 0 Å². The zero-order valence-electron chi connectivity index (χ0n) is 13.7. The lowest BCUT2D eigenvalue weighted by atomic mass is 10.2. The SMILES string of the molecule is CC(C)C.CC(C)OCC(=O)NCCCCCNC=O. The van der Waals surface area contributed by atoms with Gasteiger partial charge in [0, 0.05) is 13.1 Å². The van der Waals surface area contributed by atoms with E-state index >= 15 is 0 Å². The van der Waals surface area contributed by atoms with Crippen molar-refractivity contribution < 1.29 is 14.3 Å². The van der Waals surface area contributed by atoms with E-state index in [1.165, 1.54) is 0 Å². The van der Waals surface area contributed by atoms with E-state index in [-0.39, 0.29) is 18.6 Å². The molecule has 5 nitrogen and oxygen atoms in total. The minimum absolute atomic E-state index is 0.0697. The Balaban J connectivity index is 0. The minimum atomic E-state index is -0.0697. The minimum Gasteiger partial charge on any atom is -0.369 e. The Morgan fingerprint density at radius 2 is 1.60 bits per heavy atom. The van der Waals surface area contributed by atoms with E-state index in [0.29, 0.717) is 19.5 Å². The van der Waals surface area contributed by atoms with Crippen molar-refractivity contribution in [2.24, 2.45) is 5.92 Å². The van der Waals surface area contributed by atoms with E-state index in [9.17, 15) is 9.59 Å². The predicted octanol–water partition coefficient (Wildman–Crippen LogP) is 2.11. The van der Waals surface area contributed by atoms with Crippen LogP contribution in [-0.2, 0) is 14.3 Å². The van der Waals surface area contributed by atoms with Crippen LogP contribution < -0.4 is 10.6 Å². The zero-order chi connectivity index (χ0) is 15.8. The molecule has 0 aliphatic rings. The Kier molecular flexibility index (Phi) is 16.9. The molecule has 0 unspecified atom stereocenters. The Morgan fingerprint density at radius 3 is 2.10 bits per heavy atom. The van der Waals surface area contributed by atoms with Gasteiger partial charge in [-0.1, -0.05) is 20.8 Å². The molecule has 0 aromatic rings. The topological polar surface area (TPSA) is 67.4 Å². The van der Waals surface area contributed by atoms with E-state index in [0.717, 1.165) is 25.2 Å². The highest BCUT2D eigenvalue weighted by molar-refractivity contribution is 5.77. The number of rotatable bonds is 10. The van der Waals surface area contributed by atoms with Crippen LogP contribution in [0.5, 0.6) is 0 Å². The Bertz CT molecular complexity index is 228. The van der Waals surface area contributed by atoms with Gasteiger partial charge in [-0.2, -0.15) is 0 Å². The van der Waals surface area contributed by atoms with Gasteiger partial charge in [0.2, 0.25) is 12.3 Å². The summed E-state index contributed by atoms with van der Waals surface area (Å²) in [5.41, 5.74) is 0. The summed E-state index contributed by atoms with van der Waals surface area (Å²) in [6.45, 7) is 11.8. The first-order valence-electron chi connectivity index (χ1n) is 7.45. The molecule has 0 rings (SSSR count). The highest BCUT2D eigenvalue weighted by atomic mass is 16.5. The van der Waals surface area contributed by atoms with Gasteiger partial charge in [0.15, 0.2) is 0 Å². The van der Waals surface area contributed by atoms with Crippen LogP contribution in [0.15, 0.2) is 0 Å². The molecule has 0 atom stereocenters. The summed E-state index contributed by atoms with van der Waals surface area (Å²) in [6, 6.07) is 0. The monoisotopic (exact) mass is 288 g/mol. The van der Waals surface area contributed by atoms with Crippen molar-refractivity contribution in [1.29, 1.82) is 0 Å². The van der Waals surface area contributed by atoms with Crippen molar-refractivity contribution in [3.63, 3.8) is 0 Å². The van der Waals surface area contributed by atoms with E-state index < -0.39 is 0 Å². The van der Waals surface area contributed by atoms with Crippen LogP contribution in [0.1, 0.15) is 53.9 Å². The molecule has 0 aliphatic carbocycles. The average molecular weight is 288 g/mol. The van der Waals surface area contributed by atoms with Gasteiger partial charge in [-0.15, -0.1) is 0 Å². The first-order chi connectivity index (χ1) is 9.40. The third kappa shape index (κ3) is 25.7. The highest BCUT2D eigenvalue weighted by Crippen LogP contribution is 1.92. The Morgan fingerprint density at radius 1 is 1.05 bits per heavy atom. The molecule has 2 amide bonds. The van der Waals surface area contributed by atoms with Crippen molar-refractivity contribution >= 4 is 12.3 Å². The molecule has 0 saturated carbocycles. The lowest BCUT2D eigenvalue weighted by Gasteiger charge is -2.08. The highest BCUT2D eigenvalue weighted by Gasteiger charge is 2.01. The van der Waals surface area contributed by atoms with Crippen molar-refractivity contribution in [3.8, 4) is 0 Å². The maximum absolute atomic E-state index is 11.2. The molecular weight excluding hydrogens is 256 g/mol. The summed E-state index contributed by atoms with van der Waals surface area (Å²) in [6.07, 6.45) is 3.64. The largest absolute Gasteiger partial charge is 0.369 e. The number of ether oxygens (including phenoxy) is 1. The van der Waals surface area contributed by atoms with Crippen molar-refractivity contribution in [1.82, 2.24) is 10.6 Å². The molecule has 0 bridgehead atoms. The molecule has 0 aliphatic heterocycles. The molecule has 0 aromatic carbocycles. The van der Waals surface area contributed by atoms with E-state index in [1.54, 1.807) is 0 Å². The Labute approximate surface area is 123 Å². The van der Waals surface area contributed by atoms with Crippen LogP contribution in [0, 0.1) is 5.92 Å². The third-order valence-electron chi connectivity index (χ3n) is 1.95. The van der Waals surface area contributed by atoms with Crippen molar-refractivity contribution in [2.45, 2.75) is 60.0 Å². The van der Waals surface area contributed by atoms with Crippen molar-refractivity contribution in [3.05, 3.63) is 0 Å². The number of hydrogen-bond acceptors (Lipinski definition) is 3. The van der Waals surface area contributed by atoms with Gasteiger partial charge in [-0.05, 0) is 39.0 Å². The summed E-state index contributed by atoms with van der Waals surface area (Å²) in [5.74, 6) is 0.764. The zero-order valence-corrected chi connectivity index (χ0v) is 13.7. The summed E-state index contributed by atoms with van der Waals surface area (Å²) < 4.78 is 5.15. The summed E-state index contributed by atoms with van der Waals surface area (Å²) >= 11 is 0. The van der Waals surface area contributed by atoms with Gasteiger partial charge < -0.3 is 15.4 Å². The molecule has 0 aromatic heterocycles. The fraction of sp³-hybridized carbons (Fsp3) is 0.867. The van der Waals surface area contributed by atoms with Gasteiger partial charge >= 0.3 is 0 Å². The van der Waals surface area contributed by atoms with Gasteiger partial charge in [-0.25, -0.2) is 0 Å². The quantitative estimate of drug-likeness (QED) is 0.478. The average Bonchev–Trinajstić information content (AvgIpc) is 2.34. The van der Waals surface area contributed by atoms with Gasteiger partial charge in [0.25, 0.3) is 0 Å². The molecule has 5 heteroatoms. The molecule has 2 N–H and O–H groups in total. The van der Waals surface area contributed by atoms with Crippen LogP contribution in [0.25, 0.3) is 0 Å². The molecule has 0 spiro atoms. The van der Waals surface area contributed by atoms with E-state index in [4.69, 9.17) is 4.74 Å². The Hall–Kier alpha value is -1.10. The second-order valence-corrected chi connectivity index (χ2v) is 5.57. The second-order valence-electron chi connectivity index (χ2n) is 5.57. The smallest absolute Gasteiger partial charge is 0.246 e. The third-order valence-corrected chi connectivity index (χ3v) is 1.95. The number of nitrogens with one attached hydrogen (secondary N) is 2. The fourth-order valence-corrected chi connectivity index (χ4v) is 1.11. The van der Waals surface area contributed by atoms with Gasteiger partial charge in [0.1, 0.15) is 6.61 Å². The first-order valence-corrected chi connectivity index (χ1v) is 7.45. The number of carbonyl (C=O) groups is 2. The van der Waals surface area contributed by atoms with E-state index in [1.807, 2.05) is 13.8 Å². The van der Waals surface area contributed by atoms with Crippen LogP contribution in [0.3, 0.4) is 0 Å². The fourth-order valence-electron chi connectivity index (χ4n) is 1.11. The number of hydrogen-bond donors (Lipinski definition) is 2. The van der Waals surface area contributed by atoms with Crippen LogP contribution in [0.4, 0.5) is 0 Å². The maximum atomic E-state index is 11.2. The van der Waals surface area contributed by atoms with Crippen molar-refractivity contribution in [2.75, 3.05) is 19.7 Å². The lowest BCUT2D eigenvalue weighted by Crippen LogP contribution is -2.29. The summed E-state index contributed by atoms with van der Waals surface area (Å²) in [7, 11) is 0. The van der Waals surface area contributed by atoms with Crippen LogP contribution in [-0.4, -0.2) is 38.1 Å². The first kappa shape index (κ1) is 21.2. The molecule has 20 heavy (non-hydrogen) atoms. The molecule has 0 fully saturated rings. The normalized spacial score (nSPS) is 9.95. The van der Waals surface area contributed by atoms with E-state index in [2.05, 4.69) is 31.4 Å². The standard InChI is InChI=1S/C11H22N2O3.C4H10/c1-10(2)16-8-11(15)13-7-5-3-4-6-12-9-14;1-4(2)3/h9-10H,3-8H2,1-2H3,(H,12,14)(H,13,15);4H,1-3H3. The number of amides is 2.